The van der Waals surface area contributed by atoms with Crippen LogP contribution in [-0.4, -0.2) is 57.8 Å². The van der Waals surface area contributed by atoms with Crippen LogP contribution in [0.2, 0.25) is 0 Å². The molecule has 0 aliphatic carbocycles. The van der Waals surface area contributed by atoms with Crippen LogP contribution < -0.4 is 10.6 Å². The number of nitrogens with zero attached hydrogens (tertiary/aromatic N) is 4. The van der Waals surface area contributed by atoms with E-state index in [4.69, 9.17) is 0 Å². The molecule has 0 amide bonds. The van der Waals surface area contributed by atoms with Crippen LogP contribution in [0.5, 0.6) is 0 Å². The zero-order valence-electron chi connectivity index (χ0n) is 12.8. The Kier molecular flexibility index (Phi) is 4.08. The zero-order valence-corrected chi connectivity index (χ0v) is 12.8. The minimum absolute atomic E-state index is 0.0271. The summed E-state index contributed by atoms with van der Waals surface area (Å²) >= 11 is 0. The largest absolute Gasteiger partial charge is 0.367 e. The molecule has 0 atom stereocenters. The normalized spacial score (nSPS) is 12.1. The first-order valence-electron chi connectivity index (χ1n) is 6.80. The Morgan fingerprint density at radius 2 is 2.00 bits per heavy atom. The number of hydrogen-bond acceptors (Lipinski definition) is 6. The van der Waals surface area contributed by atoms with E-state index in [-0.39, 0.29) is 5.54 Å². The van der Waals surface area contributed by atoms with Crippen molar-refractivity contribution >= 4 is 22.8 Å². The molecule has 0 radical (unpaired) electrons. The van der Waals surface area contributed by atoms with Crippen LogP contribution in [0.3, 0.4) is 0 Å². The summed E-state index contributed by atoms with van der Waals surface area (Å²) in [5.74, 6) is 1.41. The highest BCUT2D eigenvalue weighted by Gasteiger charge is 2.21. The van der Waals surface area contributed by atoms with Gasteiger partial charge in [-0.25, -0.2) is 0 Å². The van der Waals surface area contributed by atoms with E-state index in [1.165, 1.54) is 0 Å². The Labute approximate surface area is 119 Å². The second kappa shape index (κ2) is 5.62. The van der Waals surface area contributed by atoms with Crippen LogP contribution in [0.15, 0.2) is 6.20 Å². The molecule has 2 heterocycles. The topological polar surface area (TPSA) is 81.8 Å². The van der Waals surface area contributed by atoms with Gasteiger partial charge in [0.05, 0.1) is 11.6 Å². The molecule has 3 N–H and O–H groups in total. The molecule has 7 heteroatoms. The maximum absolute atomic E-state index is 4.51. The lowest BCUT2D eigenvalue weighted by Crippen LogP contribution is -2.44. The van der Waals surface area contributed by atoms with Crippen molar-refractivity contribution in [3.05, 3.63) is 6.20 Å². The standard InChI is InChI=1S/C13H23N7/c1-6-14-12-17-10(9-7-16-19-11(9)18-12)15-8-13(2,3)20(4)5/h7H,6,8H2,1-5H3,(H3,14,15,16,17,18,19). The lowest BCUT2D eigenvalue weighted by molar-refractivity contribution is 0.210. The summed E-state index contributed by atoms with van der Waals surface area (Å²) in [7, 11) is 4.14. The predicted octanol–water partition coefficient (Wildman–Crippen LogP) is 1.54. The highest BCUT2D eigenvalue weighted by molar-refractivity contribution is 5.86. The van der Waals surface area contributed by atoms with Crippen molar-refractivity contribution in [2.24, 2.45) is 0 Å². The smallest absolute Gasteiger partial charge is 0.226 e. The second-order valence-electron chi connectivity index (χ2n) is 5.62. The Bertz CT molecular complexity index is 573. The first-order chi connectivity index (χ1) is 9.44. The van der Waals surface area contributed by atoms with Crippen LogP contribution in [0.25, 0.3) is 11.0 Å². The van der Waals surface area contributed by atoms with Gasteiger partial charge in [-0.3, -0.25) is 5.10 Å². The minimum atomic E-state index is 0.0271. The highest BCUT2D eigenvalue weighted by atomic mass is 15.2. The van der Waals surface area contributed by atoms with Gasteiger partial charge >= 0.3 is 0 Å². The molecule has 0 aliphatic heterocycles. The van der Waals surface area contributed by atoms with E-state index in [1.807, 2.05) is 6.92 Å². The van der Waals surface area contributed by atoms with Gasteiger partial charge in [0.15, 0.2) is 5.65 Å². The number of anilines is 2. The van der Waals surface area contributed by atoms with E-state index in [9.17, 15) is 0 Å². The SMILES string of the molecule is CCNc1nc(NCC(C)(C)N(C)C)c2cn[nH]c2n1. The Balaban J connectivity index is 2.26. The number of aromatic nitrogens is 4. The van der Waals surface area contributed by atoms with Gasteiger partial charge in [-0.1, -0.05) is 0 Å². The minimum Gasteiger partial charge on any atom is -0.367 e. The highest BCUT2D eigenvalue weighted by Crippen LogP contribution is 2.21. The predicted molar refractivity (Wildman–Crippen MR) is 82.1 cm³/mol. The number of fused-ring (bicyclic) bond motifs is 1. The van der Waals surface area contributed by atoms with E-state index in [0.717, 1.165) is 29.9 Å². The summed E-state index contributed by atoms with van der Waals surface area (Å²) in [6.45, 7) is 7.94. The molecule has 0 aliphatic rings. The quantitative estimate of drug-likeness (QED) is 0.743. The molecule has 0 bridgehead atoms. The van der Waals surface area contributed by atoms with Crippen molar-refractivity contribution in [1.82, 2.24) is 25.1 Å². The van der Waals surface area contributed by atoms with Crippen molar-refractivity contribution in [1.29, 1.82) is 0 Å². The van der Waals surface area contributed by atoms with Crippen LogP contribution in [-0.2, 0) is 0 Å². The third-order valence-electron chi connectivity index (χ3n) is 3.54. The molecule has 2 aromatic rings. The van der Waals surface area contributed by atoms with Crippen molar-refractivity contribution in [3.63, 3.8) is 0 Å². The van der Waals surface area contributed by atoms with Gasteiger partial charge in [-0.05, 0) is 34.9 Å². The number of rotatable bonds is 6. The molecule has 0 saturated heterocycles. The third kappa shape index (κ3) is 2.98. The number of likely N-dealkylation sites (N-methyl/N-ethyl adjacent to an activating group) is 1. The number of nitrogens with one attached hydrogen (secondary N) is 3. The van der Waals surface area contributed by atoms with Crippen LogP contribution in [0.4, 0.5) is 11.8 Å². The Morgan fingerprint density at radius 1 is 1.25 bits per heavy atom. The van der Waals surface area contributed by atoms with Crippen LogP contribution in [0.1, 0.15) is 20.8 Å². The van der Waals surface area contributed by atoms with E-state index in [0.29, 0.717) is 5.95 Å². The van der Waals surface area contributed by atoms with Gasteiger partial charge in [0.1, 0.15) is 5.82 Å². The summed E-state index contributed by atoms with van der Waals surface area (Å²) in [6, 6.07) is 0. The maximum Gasteiger partial charge on any atom is 0.226 e. The summed E-state index contributed by atoms with van der Waals surface area (Å²) in [5.41, 5.74) is 0.764. The summed E-state index contributed by atoms with van der Waals surface area (Å²) in [5, 5.41) is 14.4. The average molecular weight is 277 g/mol. The van der Waals surface area contributed by atoms with E-state index in [1.54, 1.807) is 6.20 Å². The molecule has 110 valence electrons. The van der Waals surface area contributed by atoms with Crippen LogP contribution >= 0.6 is 0 Å². The fourth-order valence-corrected chi connectivity index (χ4v) is 1.66. The van der Waals surface area contributed by atoms with Crippen molar-refractivity contribution in [2.45, 2.75) is 26.3 Å². The van der Waals surface area contributed by atoms with Gasteiger partial charge < -0.3 is 15.5 Å². The first-order valence-corrected chi connectivity index (χ1v) is 6.80. The molecule has 0 aromatic carbocycles. The maximum atomic E-state index is 4.51. The van der Waals surface area contributed by atoms with Gasteiger partial charge in [0.2, 0.25) is 5.95 Å². The van der Waals surface area contributed by atoms with Crippen molar-refractivity contribution in [3.8, 4) is 0 Å². The molecule has 7 nitrogen and oxygen atoms in total. The van der Waals surface area contributed by atoms with Crippen LogP contribution in [0, 0.1) is 0 Å². The average Bonchev–Trinajstić information content (AvgIpc) is 2.84. The van der Waals surface area contributed by atoms with Gasteiger partial charge in [0.25, 0.3) is 0 Å². The molecule has 20 heavy (non-hydrogen) atoms. The number of H-pyrrole nitrogens is 1. The zero-order chi connectivity index (χ0) is 14.8. The lowest BCUT2D eigenvalue weighted by atomic mass is 10.0. The molecule has 0 fully saturated rings. The first kappa shape index (κ1) is 14.5. The summed E-state index contributed by atoms with van der Waals surface area (Å²) < 4.78 is 0. The van der Waals surface area contributed by atoms with Crippen molar-refractivity contribution in [2.75, 3.05) is 37.8 Å². The van der Waals surface area contributed by atoms with E-state index >= 15 is 0 Å². The summed E-state index contributed by atoms with van der Waals surface area (Å²) in [6.07, 6.45) is 1.75. The second-order valence-corrected chi connectivity index (χ2v) is 5.62. The Hall–Kier alpha value is -1.89. The van der Waals surface area contributed by atoms with Gasteiger partial charge in [-0.2, -0.15) is 15.1 Å². The Morgan fingerprint density at radius 3 is 2.65 bits per heavy atom. The summed E-state index contributed by atoms with van der Waals surface area (Å²) in [4.78, 5) is 11.1. The molecule has 2 aromatic heterocycles. The van der Waals surface area contributed by atoms with E-state index in [2.05, 4.69) is 63.6 Å². The number of aromatic amines is 1. The monoisotopic (exact) mass is 277 g/mol. The van der Waals surface area contributed by atoms with Gasteiger partial charge in [0, 0.05) is 18.6 Å². The fourth-order valence-electron chi connectivity index (χ4n) is 1.66. The molecule has 0 spiro atoms. The third-order valence-corrected chi connectivity index (χ3v) is 3.54. The molecule has 0 unspecified atom stereocenters. The fraction of sp³-hybridized carbons (Fsp3) is 0.615. The number of hydrogen-bond donors (Lipinski definition) is 3. The lowest BCUT2D eigenvalue weighted by Gasteiger charge is -2.32. The molecular weight excluding hydrogens is 254 g/mol. The molecular formula is C13H23N7. The van der Waals surface area contributed by atoms with Crippen molar-refractivity contribution < 1.29 is 0 Å². The van der Waals surface area contributed by atoms with Gasteiger partial charge in [-0.15, -0.1) is 0 Å². The molecule has 0 saturated carbocycles. The molecule has 2 rings (SSSR count). The van der Waals surface area contributed by atoms with E-state index < -0.39 is 0 Å².